The minimum Gasteiger partial charge on any atom is -0.468 e. The van der Waals surface area contributed by atoms with Gasteiger partial charge in [-0.3, -0.25) is 5.32 Å². The number of hydrogen-bond acceptors (Lipinski definition) is 4. The summed E-state index contributed by atoms with van der Waals surface area (Å²) in [6.45, 7) is 4.66. The zero-order chi connectivity index (χ0) is 14.3. The van der Waals surface area contributed by atoms with Crippen molar-refractivity contribution in [3.05, 3.63) is 35.4 Å². The molecule has 1 N–H and O–H groups in total. The molecule has 0 aromatic heterocycles. The van der Waals surface area contributed by atoms with E-state index in [4.69, 9.17) is 9.47 Å². The summed E-state index contributed by atoms with van der Waals surface area (Å²) in [5, 5.41) is 3.29. The zero-order valence-corrected chi connectivity index (χ0v) is 12.1. The van der Waals surface area contributed by atoms with Crippen molar-refractivity contribution in [2.45, 2.75) is 39.0 Å². The van der Waals surface area contributed by atoms with E-state index >= 15 is 0 Å². The van der Waals surface area contributed by atoms with E-state index < -0.39 is 6.04 Å². The molecule has 0 aliphatic rings. The molecular weight excluding hydrogens is 242 g/mol. The van der Waals surface area contributed by atoms with Crippen molar-refractivity contribution >= 4 is 5.97 Å². The second-order valence-electron chi connectivity index (χ2n) is 4.61. The van der Waals surface area contributed by atoms with Crippen LogP contribution in [-0.4, -0.2) is 26.2 Å². The standard InChI is InChI=1S/C15H23NO3/c1-5-11(2)16-14(15(17)19-4)13-8-6-7-12(9-13)10-18-3/h6-9,11,14,16H,5,10H2,1-4H3. The highest BCUT2D eigenvalue weighted by atomic mass is 16.5. The Morgan fingerprint density at radius 1 is 1.37 bits per heavy atom. The van der Waals surface area contributed by atoms with Crippen LogP contribution in [0.2, 0.25) is 0 Å². The van der Waals surface area contributed by atoms with E-state index in [2.05, 4.69) is 19.2 Å². The van der Waals surface area contributed by atoms with E-state index in [1.54, 1.807) is 7.11 Å². The van der Waals surface area contributed by atoms with Gasteiger partial charge in [0.25, 0.3) is 0 Å². The number of carbonyl (C=O) groups is 1. The maximum atomic E-state index is 11.9. The van der Waals surface area contributed by atoms with Gasteiger partial charge < -0.3 is 9.47 Å². The van der Waals surface area contributed by atoms with Crippen LogP contribution in [0, 0.1) is 0 Å². The van der Waals surface area contributed by atoms with Crippen LogP contribution in [-0.2, 0) is 20.9 Å². The topological polar surface area (TPSA) is 47.6 Å². The second kappa shape index (κ2) is 7.92. The summed E-state index contributed by atoms with van der Waals surface area (Å²) in [5.41, 5.74) is 1.95. The quantitative estimate of drug-likeness (QED) is 0.769. The monoisotopic (exact) mass is 265 g/mol. The van der Waals surface area contributed by atoms with Gasteiger partial charge in [0.2, 0.25) is 0 Å². The highest BCUT2D eigenvalue weighted by Gasteiger charge is 2.22. The maximum Gasteiger partial charge on any atom is 0.327 e. The van der Waals surface area contributed by atoms with Crippen molar-refractivity contribution in [1.82, 2.24) is 5.32 Å². The third kappa shape index (κ3) is 4.65. The van der Waals surface area contributed by atoms with Gasteiger partial charge in [-0.2, -0.15) is 0 Å². The molecule has 2 atom stereocenters. The van der Waals surface area contributed by atoms with Crippen molar-refractivity contribution in [3.63, 3.8) is 0 Å². The molecule has 0 fully saturated rings. The van der Waals surface area contributed by atoms with Gasteiger partial charge in [0.1, 0.15) is 6.04 Å². The molecule has 1 aromatic carbocycles. The Labute approximate surface area is 115 Å². The fourth-order valence-electron chi connectivity index (χ4n) is 1.85. The Bertz CT molecular complexity index is 406. The number of carbonyl (C=O) groups excluding carboxylic acids is 1. The zero-order valence-electron chi connectivity index (χ0n) is 12.1. The number of nitrogens with one attached hydrogen (secondary N) is 1. The summed E-state index contributed by atoms with van der Waals surface area (Å²) in [5.74, 6) is -0.269. The lowest BCUT2D eigenvalue weighted by atomic mass is 10.0. The molecule has 0 spiro atoms. The summed E-state index contributed by atoms with van der Waals surface area (Å²) in [7, 11) is 3.06. The molecule has 0 saturated heterocycles. The van der Waals surface area contributed by atoms with Crippen LogP contribution in [0.3, 0.4) is 0 Å². The first-order valence-corrected chi connectivity index (χ1v) is 6.54. The molecule has 0 amide bonds. The maximum absolute atomic E-state index is 11.9. The molecule has 106 valence electrons. The summed E-state index contributed by atoms with van der Waals surface area (Å²) in [6, 6.07) is 7.62. The average Bonchev–Trinajstić information content (AvgIpc) is 2.44. The Morgan fingerprint density at radius 3 is 2.68 bits per heavy atom. The van der Waals surface area contributed by atoms with E-state index in [-0.39, 0.29) is 12.0 Å². The van der Waals surface area contributed by atoms with Crippen molar-refractivity contribution in [2.75, 3.05) is 14.2 Å². The van der Waals surface area contributed by atoms with Gasteiger partial charge in [0.05, 0.1) is 13.7 Å². The van der Waals surface area contributed by atoms with E-state index in [0.29, 0.717) is 6.61 Å². The Balaban J connectivity index is 2.95. The molecule has 1 aromatic rings. The van der Waals surface area contributed by atoms with Crippen molar-refractivity contribution in [2.24, 2.45) is 0 Å². The highest BCUT2D eigenvalue weighted by molar-refractivity contribution is 5.77. The van der Waals surface area contributed by atoms with Crippen LogP contribution in [0.1, 0.15) is 37.4 Å². The summed E-state index contributed by atoms with van der Waals surface area (Å²) in [4.78, 5) is 11.9. The number of ether oxygens (including phenoxy) is 2. The average molecular weight is 265 g/mol. The van der Waals surface area contributed by atoms with Gasteiger partial charge >= 0.3 is 5.97 Å². The molecule has 0 heterocycles. The lowest BCUT2D eigenvalue weighted by molar-refractivity contribution is -0.143. The molecule has 0 saturated carbocycles. The molecule has 19 heavy (non-hydrogen) atoms. The van der Waals surface area contributed by atoms with E-state index in [1.807, 2.05) is 24.3 Å². The summed E-state index contributed by atoms with van der Waals surface area (Å²) >= 11 is 0. The molecule has 0 aliphatic heterocycles. The van der Waals surface area contributed by atoms with E-state index in [9.17, 15) is 4.79 Å². The predicted molar refractivity (Wildman–Crippen MR) is 74.8 cm³/mol. The van der Waals surface area contributed by atoms with Gasteiger partial charge in [-0.25, -0.2) is 4.79 Å². The van der Waals surface area contributed by atoms with Crippen LogP contribution in [0.5, 0.6) is 0 Å². The number of hydrogen-bond donors (Lipinski definition) is 1. The van der Waals surface area contributed by atoms with Gasteiger partial charge in [0, 0.05) is 13.2 Å². The summed E-state index contributed by atoms with van der Waals surface area (Å²) in [6.07, 6.45) is 0.950. The fourth-order valence-corrected chi connectivity index (χ4v) is 1.85. The first-order chi connectivity index (χ1) is 9.12. The Kier molecular flexibility index (Phi) is 6.53. The largest absolute Gasteiger partial charge is 0.468 e. The fraction of sp³-hybridized carbons (Fsp3) is 0.533. The van der Waals surface area contributed by atoms with Crippen LogP contribution >= 0.6 is 0 Å². The number of esters is 1. The minimum absolute atomic E-state index is 0.246. The normalized spacial score (nSPS) is 13.9. The number of rotatable bonds is 7. The van der Waals surface area contributed by atoms with Crippen LogP contribution in [0.25, 0.3) is 0 Å². The molecule has 2 unspecified atom stereocenters. The molecular formula is C15H23NO3. The minimum atomic E-state index is -0.434. The lowest BCUT2D eigenvalue weighted by Crippen LogP contribution is -2.35. The first-order valence-electron chi connectivity index (χ1n) is 6.54. The second-order valence-corrected chi connectivity index (χ2v) is 4.61. The van der Waals surface area contributed by atoms with Gasteiger partial charge in [-0.1, -0.05) is 31.2 Å². The molecule has 4 nitrogen and oxygen atoms in total. The first kappa shape index (κ1) is 15.7. The molecule has 1 rings (SSSR count). The van der Waals surface area contributed by atoms with Gasteiger partial charge in [-0.05, 0) is 24.5 Å². The van der Waals surface area contributed by atoms with E-state index in [1.165, 1.54) is 7.11 Å². The van der Waals surface area contributed by atoms with Crippen LogP contribution < -0.4 is 5.32 Å². The molecule has 4 heteroatoms. The smallest absolute Gasteiger partial charge is 0.327 e. The molecule has 0 radical (unpaired) electrons. The number of methoxy groups -OCH3 is 2. The predicted octanol–water partition coefficient (Wildman–Crippen LogP) is 2.44. The number of benzene rings is 1. The van der Waals surface area contributed by atoms with Crippen molar-refractivity contribution < 1.29 is 14.3 Å². The highest BCUT2D eigenvalue weighted by Crippen LogP contribution is 2.18. The third-order valence-electron chi connectivity index (χ3n) is 3.10. The van der Waals surface area contributed by atoms with Gasteiger partial charge in [-0.15, -0.1) is 0 Å². The Hall–Kier alpha value is -1.39. The SMILES string of the molecule is CCC(C)NC(C(=O)OC)c1cccc(COC)c1. The molecule has 0 aliphatic carbocycles. The Morgan fingerprint density at radius 2 is 2.11 bits per heavy atom. The van der Waals surface area contributed by atoms with Crippen molar-refractivity contribution in [1.29, 1.82) is 0 Å². The van der Waals surface area contributed by atoms with Crippen molar-refractivity contribution in [3.8, 4) is 0 Å². The lowest BCUT2D eigenvalue weighted by Gasteiger charge is -2.21. The molecule has 0 bridgehead atoms. The third-order valence-corrected chi connectivity index (χ3v) is 3.10. The van der Waals surface area contributed by atoms with Gasteiger partial charge in [0.15, 0.2) is 0 Å². The summed E-state index contributed by atoms with van der Waals surface area (Å²) < 4.78 is 9.99. The van der Waals surface area contributed by atoms with Crippen LogP contribution in [0.15, 0.2) is 24.3 Å². The van der Waals surface area contributed by atoms with Crippen LogP contribution in [0.4, 0.5) is 0 Å². The van der Waals surface area contributed by atoms with E-state index in [0.717, 1.165) is 17.5 Å².